The van der Waals surface area contributed by atoms with E-state index in [9.17, 15) is 0 Å². The molecular weight excluding hydrogens is 258 g/mol. The van der Waals surface area contributed by atoms with Gasteiger partial charge >= 0.3 is 0 Å². The largest absolute Gasteiger partial charge is 0.488 e. The van der Waals surface area contributed by atoms with Crippen LogP contribution in [0.15, 0.2) is 66.7 Å². The van der Waals surface area contributed by atoms with Crippen LogP contribution in [0, 0.1) is 0 Å². The van der Waals surface area contributed by atoms with Crippen molar-refractivity contribution in [3.8, 4) is 5.75 Å². The Hall–Kier alpha value is -2.32. The van der Waals surface area contributed by atoms with Crippen LogP contribution in [0.1, 0.15) is 24.1 Å². The van der Waals surface area contributed by atoms with Gasteiger partial charge in [0.2, 0.25) is 0 Å². The van der Waals surface area contributed by atoms with Crippen molar-refractivity contribution in [2.24, 2.45) is 5.73 Å². The Labute approximate surface area is 125 Å². The van der Waals surface area contributed by atoms with Crippen LogP contribution in [0.4, 0.5) is 0 Å². The Morgan fingerprint density at radius 1 is 0.905 bits per heavy atom. The van der Waals surface area contributed by atoms with Crippen molar-refractivity contribution in [1.29, 1.82) is 0 Å². The molecule has 0 spiro atoms. The summed E-state index contributed by atoms with van der Waals surface area (Å²) in [5.74, 6) is 0.895. The van der Waals surface area contributed by atoms with E-state index in [2.05, 4.69) is 36.4 Å². The number of rotatable bonds is 4. The van der Waals surface area contributed by atoms with Crippen LogP contribution in [0.3, 0.4) is 0 Å². The smallest absolute Gasteiger partial charge is 0.132 e. The van der Waals surface area contributed by atoms with Crippen LogP contribution in [-0.4, -0.2) is 0 Å². The van der Waals surface area contributed by atoms with Crippen molar-refractivity contribution in [2.75, 3.05) is 0 Å². The number of fused-ring (bicyclic) bond motifs is 1. The van der Waals surface area contributed by atoms with Crippen molar-refractivity contribution in [3.05, 3.63) is 77.9 Å². The lowest BCUT2D eigenvalue weighted by Gasteiger charge is -2.16. The Balaban J connectivity index is 2.00. The Morgan fingerprint density at radius 2 is 1.62 bits per heavy atom. The molecule has 0 heterocycles. The van der Waals surface area contributed by atoms with Gasteiger partial charge in [-0.1, -0.05) is 66.7 Å². The van der Waals surface area contributed by atoms with Gasteiger partial charge in [0.05, 0.1) is 0 Å². The number of benzene rings is 3. The SMILES string of the molecule is C[C@@H](N)c1ccc2ccccc2c1OCc1ccccc1. The van der Waals surface area contributed by atoms with Crippen LogP contribution >= 0.6 is 0 Å². The number of hydrogen-bond donors (Lipinski definition) is 1. The Bertz CT molecular complexity index is 735. The summed E-state index contributed by atoms with van der Waals surface area (Å²) in [7, 11) is 0. The van der Waals surface area contributed by atoms with Gasteiger partial charge in [-0.3, -0.25) is 0 Å². The second-order valence-electron chi connectivity index (χ2n) is 5.27. The van der Waals surface area contributed by atoms with Gasteiger partial charge in [0.25, 0.3) is 0 Å². The molecule has 0 aliphatic rings. The van der Waals surface area contributed by atoms with Gasteiger partial charge in [-0.05, 0) is 17.9 Å². The predicted molar refractivity (Wildman–Crippen MR) is 87.3 cm³/mol. The van der Waals surface area contributed by atoms with Crippen molar-refractivity contribution >= 4 is 10.8 Å². The van der Waals surface area contributed by atoms with Crippen molar-refractivity contribution in [2.45, 2.75) is 19.6 Å². The summed E-state index contributed by atoms with van der Waals surface area (Å²) >= 11 is 0. The lowest BCUT2D eigenvalue weighted by atomic mass is 10.0. The predicted octanol–water partition coefficient (Wildman–Crippen LogP) is 4.44. The van der Waals surface area contributed by atoms with Gasteiger partial charge in [0.15, 0.2) is 0 Å². The van der Waals surface area contributed by atoms with E-state index in [1.807, 2.05) is 37.3 Å². The highest BCUT2D eigenvalue weighted by Crippen LogP contribution is 2.33. The van der Waals surface area contributed by atoms with E-state index < -0.39 is 0 Å². The first-order chi connectivity index (χ1) is 10.3. The quantitative estimate of drug-likeness (QED) is 0.765. The summed E-state index contributed by atoms with van der Waals surface area (Å²) in [6.45, 7) is 2.54. The maximum Gasteiger partial charge on any atom is 0.132 e. The molecule has 0 saturated heterocycles. The first-order valence-corrected chi connectivity index (χ1v) is 7.19. The van der Waals surface area contributed by atoms with Gasteiger partial charge in [0, 0.05) is 17.0 Å². The highest BCUT2D eigenvalue weighted by atomic mass is 16.5. The third-order valence-electron chi connectivity index (χ3n) is 3.63. The molecule has 0 unspecified atom stereocenters. The number of nitrogens with two attached hydrogens (primary N) is 1. The summed E-state index contributed by atoms with van der Waals surface area (Å²) in [5.41, 5.74) is 8.29. The number of hydrogen-bond acceptors (Lipinski definition) is 2. The molecule has 3 aromatic rings. The molecule has 0 fully saturated rings. The molecule has 106 valence electrons. The average molecular weight is 277 g/mol. The fourth-order valence-corrected chi connectivity index (χ4v) is 2.51. The minimum atomic E-state index is -0.0552. The van der Waals surface area contributed by atoms with Gasteiger partial charge in [-0.15, -0.1) is 0 Å². The van der Waals surface area contributed by atoms with Crippen molar-refractivity contribution in [3.63, 3.8) is 0 Å². The fourth-order valence-electron chi connectivity index (χ4n) is 2.51. The van der Waals surface area contributed by atoms with Gasteiger partial charge in [-0.2, -0.15) is 0 Å². The second kappa shape index (κ2) is 5.98. The first-order valence-electron chi connectivity index (χ1n) is 7.19. The highest BCUT2D eigenvalue weighted by molar-refractivity contribution is 5.89. The molecule has 3 rings (SSSR count). The minimum Gasteiger partial charge on any atom is -0.488 e. The lowest BCUT2D eigenvalue weighted by molar-refractivity contribution is 0.305. The zero-order valence-electron chi connectivity index (χ0n) is 12.1. The summed E-state index contributed by atoms with van der Waals surface area (Å²) in [5, 5.41) is 2.29. The van der Waals surface area contributed by atoms with Crippen LogP contribution in [0.2, 0.25) is 0 Å². The average Bonchev–Trinajstić information content (AvgIpc) is 2.53. The molecule has 0 radical (unpaired) electrons. The summed E-state index contributed by atoms with van der Waals surface area (Å²) < 4.78 is 6.12. The van der Waals surface area contributed by atoms with E-state index >= 15 is 0 Å². The van der Waals surface area contributed by atoms with Crippen LogP contribution in [0.25, 0.3) is 10.8 Å². The van der Waals surface area contributed by atoms with Crippen LogP contribution in [-0.2, 0) is 6.61 Å². The molecule has 0 bridgehead atoms. The third kappa shape index (κ3) is 2.91. The topological polar surface area (TPSA) is 35.2 Å². The molecule has 0 amide bonds. The Morgan fingerprint density at radius 3 is 2.38 bits per heavy atom. The normalized spacial score (nSPS) is 12.3. The van der Waals surface area contributed by atoms with Crippen molar-refractivity contribution < 1.29 is 4.74 Å². The molecule has 2 N–H and O–H groups in total. The molecule has 21 heavy (non-hydrogen) atoms. The Kier molecular flexibility index (Phi) is 3.89. The molecule has 1 atom stereocenters. The molecule has 0 aliphatic heterocycles. The maximum absolute atomic E-state index is 6.12. The summed E-state index contributed by atoms with van der Waals surface area (Å²) in [6, 6.07) is 22.5. The van der Waals surface area contributed by atoms with Crippen molar-refractivity contribution in [1.82, 2.24) is 0 Å². The molecule has 2 nitrogen and oxygen atoms in total. The van der Waals surface area contributed by atoms with E-state index in [0.717, 1.165) is 22.3 Å². The molecule has 0 saturated carbocycles. The second-order valence-corrected chi connectivity index (χ2v) is 5.27. The van der Waals surface area contributed by atoms with E-state index in [1.165, 1.54) is 5.39 Å². The zero-order chi connectivity index (χ0) is 14.7. The monoisotopic (exact) mass is 277 g/mol. The summed E-state index contributed by atoms with van der Waals surface area (Å²) in [4.78, 5) is 0. The van der Waals surface area contributed by atoms with Crippen LogP contribution < -0.4 is 10.5 Å². The van der Waals surface area contributed by atoms with Gasteiger partial charge < -0.3 is 10.5 Å². The third-order valence-corrected chi connectivity index (χ3v) is 3.63. The van der Waals surface area contributed by atoms with Crippen LogP contribution in [0.5, 0.6) is 5.75 Å². The van der Waals surface area contributed by atoms with E-state index in [1.54, 1.807) is 0 Å². The molecule has 2 heteroatoms. The maximum atomic E-state index is 6.12. The van der Waals surface area contributed by atoms with Gasteiger partial charge in [0.1, 0.15) is 12.4 Å². The minimum absolute atomic E-state index is 0.0552. The first kappa shape index (κ1) is 13.7. The zero-order valence-corrected chi connectivity index (χ0v) is 12.1. The van der Waals surface area contributed by atoms with E-state index in [0.29, 0.717) is 6.61 Å². The summed E-state index contributed by atoms with van der Waals surface area (Å²) in [6.07, 6.45) is 0. The van der Waals surface area contributed by atoms with E-state index in [-0.39, 0.29) is 6.04 Å². The molecular formula is C19H19NO. The van der Waals surface area contributed by atoms with Gasteiger partial charge in [-0.25, -0.2) is 0 Å². The molecule has 0 aliphatic carbocycles. The standard InChI is InChI=1S/C19H19NO/c1-14(20)17-12-11-16-9-5-6-10-18(16)19(17)21-13-15-7-3-2-4-8-15/h2-12,14H,13,20H2,1H3/t14-/m1/s1. The molecule has 3 aromatic carbocycles. The molecule has 0 aromatic heterocycles. The fraction of sp³-hybridized carbons (Fsp3) is 0.158. The number of ether oxygens (including phenoxy) is 1. The highest BCUT2D eigenvalue weighted by Gasteiger charge is 2.12. The lowest BCUT2D eigenvalue weighted by Crippen LogP contribution is -2.08. The van der Waals surface area contributed by atoms with E-state index in [4.69, 9.17) is 10.5 Å².